The minimum absolute atomic E-state index is 0.961. The fourth-order valence-corrected chi connectivity index (χ4v) is 4.59. The molecule has 0 spiro atoms. The molecule has 0 aromatic rings. The van der Waals surface area contributed by atoms with Gasteiger partial charge >= 0.3 is 0 Å². The second kappa shape index (κ2) is 6.97. The first-order valence-electron chi connectivity index (χ1n) is 7.50. The highest BCUT2D eigenvalue weighted by Crippen LogP contribution is 2.42. The topological polar surface area (TPSA) is 0 Å². The van der Waals surface area contributed by atoms with Crippen molar-refractivity contribution in [1.82, 2.24) is 0 Å². The molecule has 0 unspecified atom stereocenters. The van der Waals surface area contributed by atoms with E-state index in [4.69, 9.17) is 0 Å². The molecule has 0 radical (unpaired) electrons. The summed E-state index contributed by atoms with van der Waals surface area (Å²) in [5, 5.41) is 1.23. The van der Waals surface area contributed by atoms with Crippen molar-refractivity contribution >= 4 is 15.9 Å². The van der Waals surface area contributed by atoms with Crippen LogP contribution < -0.4 is 0 Å². The average molecular weight is 299 g/mol. The van der Waals surface area contributed by atoms with Crippen molar-refractivity contribution < 1.29 is 0 Å². The number of hydrogen-bond donors (Lipinski definition) is 0. The van der Waals surface area contributed by atoms with Gasteiger partial charge in [-0.15, -0.1) is 6.58 Å². The number of alkyl halides is 1. The van der Waals surface area contributed by atoms with Crippen LogP contribution >= 0.6 is 15.9 Å². The van der Waals surface area contributed by atoms with Crippen molar-refractivity contribution in [1.29, 1.82) is 0 Å². The van der Waals surface area contributed by atoms with E-state index in [0.29, 0.717) is 0 Å². The minimum atomic E-state index is 0.961. The quantitative estimate of drug-likeness (QED) is 0.470. The van der Waals surface area contributed by atoms with Gasteiger partial charge in [-0.1, -0.05) is 22.0 Å². The van der Waals surface area contributed by atoms with Gasteiger partial charge in [0.05, 0.1) is 0 Å². The number of allylic oxidation sites excluding steroid dienone is 1. The first-order chi connectivity index (χ1) is 8.33. The van der Waals surface area contributed by atoms with Gasteiger partial charge in [-0.05, 0) is 81.5 Å². The predicted octanol–water partition coefficient (Wildman–Crippen LogP) is 5.57. The maximum Gasteiger partial charge on any atom is 0.00596 e. The Kier molecular flexibility index (Phi) is 5.59. The monoisotopic (exact) mass is 298 g/mol. The summed E-state index contributed by atoms with van der Waals surface area (Å²) in [6.07, 6.45) is 15.3. The lowest BCUT2D eigenvalue weighted by Gasteiger charge is -2.37. The summed E-state index contributed by atoms with van der Waals surface area (Å²) in [6.45, 7) is 3.88. The van der Waals surface area contributed by atoms with E-state index in [1.165, 1.54) is 63.1 Å². The second-order valence-corrected chi connectivity index (χ2v) is 6.89. The summed E-state index contributed by atoms with van der Waals surface area (Å²) in [5.41, 5.74) is 0. The molecule has 98 valence electrons. The van der Waals surface area contributed by atoms with Crippen molar-refractivity contribution in [2.75, 3.05) is 5.33 Å². The summed E-state index contributed by atoms with van der Waals surface area (Å²) >= 11 is 3.64. The van der Waals surface area contributed by atoms with E-state index in [0.717, 1.165) is 23.7 Å². The molecular formula is C16H27Br. The number of hydrogen-bond acceptors (Lipinski definition) is 0. The van der Waals surface area contributed by atoms with Crippen molar-refractivity contribution in [2.45, 2.75) is 57.8 Å². The van der Waals surface area contributed by atoms with Crippen LogP contribution in [-0.2, 0) is 0 Å². The molecule has 0 nitrogen and oxygen atoms in total. The minimum Gasteiger partial charge on any atom is -0.103 e. The Morgan fingerprint density at radius 3 is 1.71 bits per heavy atom. The molecule has 0 atom stereocenters. The first kappa shape index (κ1) is 13.6. The molecule has 0 saturated heterocycles. The van der Waals surface area contributed by atoms with Crippen molar-refractivity contribution in [3.05, 3.63) is 12.7 Å². The SMILES string of the molecule is C=CCC1CCC(C2CCC(CBr)CC2)CC1. The third kappa shape index (κ3) is 3.84. The maximum absolute atomic E-state index is 3.88. The van der Waals surface area contributed by atoms with Gasteiger partial charge in [0, 0.05) is 5.33 Å². The van der Waals surface area contributed by atoms with Gasteiger partial charge in [0.2, 0.25) is 0 Å². The van der Waals surface area contributed by atoms with E-state index in [1.54, 1.807) is 0 Å². The Morgan fingerprint density at radius 1 is 0.824 bits per heavy atom. The van der Waals surface area contributed by atoms with Crippen LogP contribution in [-0.4, -0.2) is 5.33 Å². The molecule has 17 heavy (non-hydrogen) atoms. The van der Waals surface area contributed by atoms with Gasteiger partial charge < -0.3 is 0 Å². The molecule has 2 aliphatic carbocycles. The van der Waals surface area contributed by atoms with Crippen LogP contribution in [0.4, 0.5) is 0 Å². The van der Waals surface area contributed by atoms with Gasteiger partial charge in [-0.3, -0.25) is 0 Å². The molecule has 0 aromatic carbocycles. The standard InChI is InChI=1S/C16H27Br/c1-2-3-13-4-8-15(9-5-13)16-10-6-14(12-17)7-11-16/h2,13-16H,1,3-12H2. The molecule has 2 rings (SSSR count). The molecule has 0 N–H and O–H groups in total. The van der Waals surface area contributed by atoms with Gasteiger partial charge in [-0.2, -0.15) is 0 Å². The van der Waals surface area contributed by atoms with Gasteiger partial charge in [0.1, 0.15) is 0 Å². The summed E-state index contributed by atoms with van der Waals surface area (Å²) in [5.74, 6) is 4.06. The summed E-state index contributed by atoms with van der Waals surface area (Å²) < 4.78 is 0. The average Bonchev–Trinajstić information content (AvgIpc) is 2.40. The Balaban J connectivity index is 1.72. The smallest absolute Gasteiger partial charge is 0.00596 e. The highest BCUT2D eigenvalue weighted by atomic mass is 79.9. The van der Waals surface area contributed by atoms with Crippen LogP contribution in [0.3, 0.4) is 0 Å². The predicted molar refractivity (Wildman–Crippen MR) is 79.5 cm³/mol. The zero-order chi connectivity index (χ0) is 12.1. The van der Waals surface area contributed by atoms with Crippen molar-refractivity contribution in [2.24, 2.45) is 23.7 Å². The van der Waals surface area contributed by atoms with E-state index >= 15 is 0 Å². The normalized spacial score (nSPS) is 38.9. The largest absolute Gasteiger partial charge is 0.103 e. The summed E-state index contributed by atoms with van der Waals surface area (Å²) in [4.78, 5) is 0. The third-order valence-corrected chi connectivity index (χ3v) is 6.08. The molecule has 1 heteroatoms. The Labute approximate surface area is 115 Å². The highest BCUT2D eigenvalue weighted by Gasteiger charge is 2.30. The summed E-state index contributed by atoms with van der Waals surface area (Å²) in [7, 11) is 0. The van der Waals surface area contributed by atoms with E-state index < -0.39 is 0 Å². The highest BCUT2D eigenvalue weighted by molar-refractivity contribution is 9.09. The zero-order valence-corrected chi connectivity index (χ0v) is 12.6. The second-order valence-electron chi connectivity index (χ2n) is 6.24. The Morgan fingerprint density at radius 2 is 1.29 bits per heavy atom. The van der Waals surface area contributed by atoms with E-state index in [9.17, 15) is 0 Å². The van der Waals surface area contributed by atoms with E-state index in [1.807, 2.05) is 0 Å². The van der Waals surface area contributed by atoms with Crippen molar-refractivity contribution in [3.8, 4) is 0 Å². The number of halogens is 1. The van der Waals surface area contributed by atoms with Gasteiger partial charge in [0.25, 0.3) is 0 Å². The number of rotatable bonds is 4. The molecule has 2 aliphatic rings. The van der Waals surface area contributed by atoms with Crippen LogP contribution in [0.2, 0.25) is 0 Å². The first-order valence-corrected chi connectivity index (χ1v) is 8.62. The summed E-state index contributed by atoms with van der Waals surface area (Å²) in [6, 6.07) is 0. The lowest BCUT2D eigenvalue weighted by Crippen LogP contribution is -2.26. The molecule has 0 bridgehead atoms. The maximum atomic E-state index is 3.88. The molecule has 2 saturated carbocycles. The van der Waals surface area contributed by atoms with Crippen LogP contribution in [0.25, 0.3) is 0 Å². The molecule has 0 aliphatic heterocycles. The third-order valence-electron chi connectivity index (χ3n) is 5.17. The zero-order valence-electron chi connectivity index (χ0n) is 11.0. The molecular weight excluding hydrogens is 272 g/mol. The van der Waals surface area contributed by atoms with Gasteiger partial charge in [-0.25, -0.2) is 0 Å². The van der Waals surface area contributed by atoms with Crippen LogP contribution in [0.15, 0.2) is 12.7 Å². The Bertz CT molecular complexity index is 220. The molecule has 0 aromatic heterocycles. The van der Waals surface area contributed by atoms with E-state index in [-0.39, 0.29) is 0 Å². The van der Waals surface area contributed by atoms with Crippen molar-refractivity contribution in [3.63, 3.8) is 0 Å². The molecule has 0 amide bonds. The molecule has 2 fully saturated rings. The van der Waals surface area contributed by atoms with E-state index in [2.05, 4.69) is 28.6 Å². The lowest BCUT2D eigenvalue weighted by atomic mass is 9.69. The Hall–Kier alpha value is 0.220. The van der Waals surface area contributed by atoms with Crippen LogP contribution in [0.5, 0.6) is 0 Å². The fourth-order valence-electron chi connectivity index (χ4n) is 3.94. The van der Waals surface area contributed by atoms with Gasteiger partial charge in [0.15, 0.2) is 0 Å². The fraction of sp³-hybridized carbons (Fsp3) is 0.875. The van der Waals surface area contributed by atoms with Crippen LogP contribution in [0, 0.1) is 23.7 Å². The molecule has 0 heterocycles. The lowest BCUT2D eigenvalue weighted by molar-refractivity contribution is 0.152. The van der Waals surface area contributed by atoms with Crippen LogP contribution in [0.1, 0.15) is 57.8 Å².